The minimum atomic E-state index is 0.983. The van der Waals surface area contributed by atoms with Gasteiger partial charge in [0.1, 0.15) is 0 Å². The maximum Gasteiger partial charge on any atom is -0.0197 e. The lowest BCUT2D eigenvalue weighted by Gasteiger charge is -2.31. The normalized spacial score (nSPS) is 45.3. The molecule has 0 radical (unpaired) electrons. The first-order valence-electron chi connectivity index (χ1n) is 11.7. The van der Waals surface area contributed by atoms with Gasteiger partial charge in [0.2, 0.25) is 0 Å². The first kappa shape index (κ1) is 16.6. The maximum absolute atomic E-state index is 2.52. The van der Waals surface area contributed by atoms with Crippen LogP contribution in [0.25, 0.3) is 0 Å². The molecule has 4 saturated carbocycles. The van der Waals surface area contributed by atoms with Crippen molar-refractivity contribution in [1.82, 2.24) is 0 Å². The highest BCUT2D eigenvalue weighted by atomic mass is 14.5. The molecule has 0 heterocycles. The van der Waals surface area contributed by atoms with E-state index < -0.39 is 0 Å². The van der Waals surface area contributed by atoms with Gasteiger partial charge in [-0.05, 0) is 73.0 Å². The summed E-state index contributed by atoms with van der Waals surface area (Å²) >= 11 is 0. The van der Waals surface area contributed by atoms with Crippen LogP contribution in [0.3, 0.4) is 0 Å². The summed E-state index contributed by atoms with van der Waals surface area (Å²) in [5.74, 6) is 8.38. The first-order valence-corrected chi connectivity index (χ1v) is 11.7. The van der Waals surface area contributed by atoms with Crippen molar-refractivity contribution in [2.75, 3.05) is 0 Å². The molecule has 0 aromatic heterocycles. The molecule has 25 heavy (non-hydrogen) atoms. The molecule has 0 nitrogen and oxygen atoms in total. The molecule has 6 aliphatic carbocycles. The second-order valence-electron chi connectivity index (χ2n) is 10.3. The Morgan fingerprint density at radius 2 is 0.880 bits per heavy atom. The predicted octanol–water partition coefficient (Wildman–Crippen LogP) is 7.17. The SMILES string of the molecule is C1=CC2CC1CC2C1CCCC1.C1=CC2CC1CC2C1CCCCC1. The zero-order valence-electron chi connectivity index (χ0n) is 16.1. The van der Waals surface area contributed by atoms with Crippen LogP contribution < -0.4 is 0 Å². The van der Waals surface area contributed by atoms with Crippen LogP contribution in [0.5, 0.6) is 0 Å². The van der Waals surface area contributed by atoms with E-state index in [1.165, 1.54) is 57.8 Å². The number of rotatable bonds is 2. The van der Waals surface area contributed by atoms with E-state index in [4.69, 9.17) is 0 Å². The molecule has 0 aliphatic heterocycles. The fourth-order valence-corrected chi connectivity index (χ4v) is 7.68. The Morgan fingerprint density at radius 1 is 0.440 bits per heavy atom. The zero-order valence-corrected chi connectivity index (χ0v) is 16.1. The molecule has 6 aliphatic rings. The van der Waals surface area contributed by atoms with Gasteiger partial charge in [-0.3, -0.25) is 0 Å². The number of allylic oxidation sites excluding steroid dienone is 4. The van der Waals surface area contributed by atoms with Gasteiger partial charge < -0.3 is 0 Å². The summed E-state index contributed by atoms with van der Waals surface area (Å²) in [5, 5.41) is 0. The Kier molecular flexibility index (Phi) is 4.82. The van der Waals surface area contributed by atoms with E-state index in [0.29, 0.717) is 0 Å². The summed E-state index contributed by atoms with van der Waals surface area (Å²) in [4.78, 5) is 0. The Labute approximate surface area is 155 Å². The zero-order chi connectivity index (χ0) is 16.6. The molecule has 0 aromatic rings. The lowest BCUT2D eigenvalue weighted by Crippen LogP contribution is -2.21. The van der Waals surface area contributed by atoms with Crippen molar-refractivity contribution in [2.45, 2.75) is 83.5 Å². The van der Waals surface area contributed by atoms with Gasteiger partial charge in [0, 0.05) is 0 Å². The van der Waals surface area contributed by atoms with Crippen LogP contribution in [0, 0.1) is 47.3 Å². The highest BCUT2D eigenvalue weighted by molar-refractivity contribution is 5.12. The fraction of sp³-hybridized carbons (Fsp3) is 0.840. The number of hydrogen-bond acceptors (Lipinski definition) is 0. The van der Waals surface area contributed by atoms with E-state index in [1.54, 1.807) is 25.7 Å². The average molecular weight is 339 g/mol. The van der Waals surface area contributed by atoms with Gasteiger partial charge in [-0.25, -0.2) is 0 Å². The van der Waals surface area contributed by atoms with Crippen LogP contribution in [0.4, 0.5) is 0 Å². The molecule has 4 bridgehead atoms. The Hall–Kier alpha value is -0.520. The van der Waals surface area contributed by atoms with Gasteiger partial charge in [0.15, 0.2) is 0 Å². The van der Waals surface area contributed by atoms with Crippen molar-refractivity contribution in [3.8, 4) is 0 Å². The van der Waals surface area contributed by atoms with E-state index >= 15 is 0 Å². The first-order chi connectivity index (χ1) is 12.4. The van der Waals surface area contributed by atoms with Crippen LogP contribution in [0.15, 0.2) is 24.3 Å². The number of hydrogen-bond donors (Lipinski definition) is 0. The van der Waals surface area contributed by atoms with Gasteiger partial charge in [0.25, 0.3) is 0 Å². The van der Waals surface area contributed by atoms with E-state index in [0.717, 1.165) is 47.3 Å². The van der Waals surface area contributed by atoms with E-state index in [2.05, 4.69) is 24.3 Å². The topological polar surface area (TPSA) is 0 Å². The van der Waals surface area contributed by atoms with Crippen LogP contribution in [-0.4, -0.2) is 0 Å². The van der Waals surface area contributed by atoms with Crippen molar-refractivity contribution in [1.29, 1.82) is 0 Å². The molecule has 0 amide bonds. The van der Waals surface area contributed by atoms with Gasteiger partial charge >= 0.3 is 0 Å². The molecule has 0 spiro atoms. The monoisotopic (exact) mass is 338 g/mol. The van der Waals surface area contributed by atoms with Gasteiger partial charge in [0.05, 0.1) is 0 Å². The third-order valence-electron chi connectivity index (χ3n) is 8.92. The fourth-order valence-electron chi connectivity index (χ4n) is 7.68. The minimum Gasteiger partial charge on any atom is -0.0851 e. The second kappa shape index (κ2) is 7.24. The Balaban J connectivity index is 0.000000112. The standard InChI is InChI=1S/C13H20.C12H18/c1-2-4-11(5-3-1)13-9-10-6-7-12(13)8-10;1-2-4-10(3-1)12-8-9-5-6-11(12)7-9/h6-7,10-13H,1-5,8-9H2;5-6,9-12H,1-4,7-8H2. The van der Waals surface area contributed by atoms with E-state index in [-0.39, 0.29) is 0 Å². The van der Waals surface area contributed by atoms with E-state index in [9.17, 15) is 0 Å². The highest BCUT2D eigenvalue weighted by Gasteiger charge is 2.41. The van der Waals surface area contributed by atoms with Crippen molar-refractivity contribution in [2.24, 2.45) is 47.3 Å². The predicted molar refractivity (Wildman–Crippen MR) is 106 cm³/mol. The Bertz CT molecular complexity index is 502. The average Bonchev–Trinajstić information content (AvgIpc) is 3.49. The van der Waals surface area contributed by atoms with Gasteiger partial charge in [-0.2, -0.15) is 0 Å². The molecule has 0 heteroatoms. The van der Waals surface area contributed by atoms with Crippen molar-refractivity contribution >= 4 is 0 Å². The molecule has 6 unspecified atom stereocenters. The molecular formula is C25H38. The third kappa shape index (κ3) is 3.40. The molecule has 0 N–H and O–H groups in total. The van der Waals surface area contributed by atoms with Crippen molar-refractivity contribution < 1.29 is 0 Å². The van der Waals surface area contributed by atoms with Gasteiger partial charge in [-0.15, -0.1) is 0 Å². The summed E-state index contributed by atoms with van der Waals surface area (Å²) in [7, 11) is 0. The molecular weight excluding hydrogens is 300 g/mol. The summed E-state index contributed by atoms with van der Waals surface area (Å²) in [6.07, 6.45) is 29.8. The lowest BCUT2D eigenvalue weighted by atomic mass is 9.74. The van der Waals surface area contributed by atoms with Crippen molar-refractivity contribution in [3.05, 3.63) is 24.3 Å². The van der Waals surface area contributed by atoms with Crippen LogP contribution in [0.1, 0.15) is 83.5 Å². The summed E-state index contributed by atoms with van der Waals surface area (Å²) in [5.41, 5.74) is 0. The highest BCUT2D eigenvalue weighted by Crippen LogP contribution is 2.51. The molecule has 138 valence electrons. The smallest absolute Gasteiger partial charge is 0.0197 e. The number of fused-ring (bicyclic) bond motifs is 4. The van der Waals surface area contributed by atoms with Crippen LogP contribution >= 0.6 is 0 Å². The molecule has 4 fully saturated rings. The third-order valence-corrected chi connectivity index (χ3v) is 8.92. The molecule has 6 rings (SSSR count). The molecule has 0 aromatic carbocycles. The van der Waals surface area contributed by atoms with Crippen molar-refractivity contribution in [3.63, 3.8) is 0 Å². The van der Waals surface area contributed by atoms with Crippen LogP contribution in [0.2, 0.25) is 0 Å². The maximum atomic E-state index is 2.52. The summed E-state index contributed by atoms with van der Waals surface area (Å²) < 4.78 is 0. The minimum absolute atomic E-state index is 0.983. The largest absolute Gasteiger partial charge is 0.0851 e. The van der Waals surface area contributed by atoms with E-state index in [1.807, 2.05) is 0 Å². The summed E-state index contributed by atoms with van der Waals surface area (Å²) in [6, 6.07) is 0. The quantitative estimate of drug-likeness (QED) is 0.468. The molecule has 6 atom stereocenters. The lowest BCUT2D eigenvalue weighted by molar-refractivity contribution is 0.219. The second-order valence-corrected chi connectivity index (χ2v) is 10.3. The van der Waals surface area contributed by atoms with Gasteiger partial charge in [-0.1, -0.05) is 82.1 Å². The van der Waals surface area contributed by atoms with Crippen LogP contribution in [-0.2, 0) is 0 Å². The Morgan fingerprint density at radius 3 is 1.24 bits per heavy atom. The summed E-state index contributed by atoms with van der Waals surface area (Å²) in [6.45, 7) is 0. The molecule has 0 saturated heterocycles.